The lowest BCUT2D eigenvalue weighted by Crippen LogP contribution is -2.34. The van der Waals surface area contributed by atoms with Crippen LogP contribution in [0.4, 0.5) is 0 Å². The Morgan fingerprint density at radius 3 is 2.90 bits per heavy atom. The summed E-state index contributed by atoms with van der Waals surface area (Å²) in [5, 5.41) is 0.703. The Morgan fingerprint density at radius 1 is 1.35 bits per heavy atom. The highest BCUT2D eigenvalue weighted by atomic mass is 35.5. The summed E-state index contributed by atoms with van der Waals surface area (Å²) in [5.74, 6) is 1.29. The number of nitrogens with two attached hydrogens (primary N) is 1. The summed E-state index contributed by atoms with van der Waals surface area (Å²) in [6.45, 7) is 4.08. The lowest BCUT2D eigenvalue weighted by molar-refractivity contribution is 0.200. The fourth-order valence-corrected chi connectivity index (χ4v) is 2.98. The summed E-state index contributed by atoms with van der Waals surface area (Å²) in [7, 11) is 0. The van der Waals surface area contributed by atoms with Crippen molar-refractivity contribution in [3.8, 4) is 0 Å². The normalized spacial score (nSPS) is 17.9. The molecule has 0 radical (unpaired) electrons. The molecule has 1 aliphatic rings. The van der Waals surface area contributed by atoms with E-state index in [-0.39, 0.29) is 0 Å². The van der Waals surface area contributed by atoms with Gasteiger partial charge in [-0.15, -0.1) is 0 Å². The van der Waals surface area contributed by atoms with Gasteiger partial charge in [-0.3, -0.25) is 0 Å². The van der Waals surface area contributed by atoms with Gasteiger partial charge in [-0.2, -0.15) is 0 Å². The third kappa shape index (κ3) is 2.97. The molecule has 20 heavy (non-hydrogen) atoms. The molecule has 5 heteroatoms. The molecule has 1 saturated heterocycles. The Hall–Kier alpha value is -1.10. The summed E-state index contributed by atoms with van der Waals surface area (Å²) in [6.07, 6.45) is 3.28. The average molecular weight is 294 g/mol. The summed E-state index contributed by atoms with van der Waals surface area (Å²) >= 11 is 5.98. The monoisotopic (exact) mass is 293 g/mol. The van der Waals surface area contributed by atoms with Crippen molar-refractivity contribution < 1.29 is 4.42 Å². The number of fused-ring (bicyclic) bond motifs is 1. The minimum absolute atomic E-state index is 0.426. The van der Waals surface area contributed by atoms with Crippen LogP contribution in [0.5, 0.6) is 0 Å². The number of likely N-dealkylation sites (tertiary alicyclic amines) is 1. The third-order valence-corrected chi connectivity index (χ3v) is 4.22. The second-order valence-corrected chi connectivity index (χ2v) is 5.86. The summed E-state index contributed by atoms with van der Waals surface area (Å²) in [4.78, 5) is 7.07. The number of oxazole rings is 1. The molecular weight excluding hydrogens is 274 g/mol. The van der Waals surface area contributed by atoms with Gasteiger partial charge in [-0.05, 0) is 63.6 Å². The lowest BCUT2D eigenvalue weighted by atomic mass is 9.97. The molecule has 4 nitrogen and oxygen atoms in total. The van der Waals surface area contributed by atoms with Gasteiger partial charge in [0.1, 0.15) is 5.52 Å². The minimum Gasteiger partial charge on any atom is -0.440 e. The van der Waals surface area contributed by atoms with Crippen molar-refractivity contribution >= 4 is 22.7 Å². The standard InChI is InChI=1S/C15H20ClN3O/c16-12-2-3-14-13(10-12)18-15(20-14)11-4-8-19(9-5-11)7-1-6-17/h2-3,10-11H,1,4-9,17H2. The lowest BCUT2D eigenvalue weighted by Gasteiger charge is -2.30. The van der Waals surface area contributed by atoms with E-state index in [0.29, 0.717) is 10.9 Å². The maximum atomic E-state index is 5.98. The number of rotatable bonds is 4. The van der Waals surface area contributed by atoms with Crippen LogP contribution in [0.25, 0.3) is 11.1 Å². The van der Waals surface area contributed by atoms with Crippen molar-refractivity contribution in [3.63, 3.8) is 0 Å². The van der Waals surface area contributed by atoms with E-state index in [9.17, 15) is 0 Å². The summed E-state index contributed by atoms with van der Waals surface area (Å²) in [6, 6.07) is 5.60. The van der Waals surface area contributed by atoms with Crippen molar-refractivity contribution in [2.45, 2.75) is 25.2 Å². The fourth-order valence-electron chi connectivity index (χ4n) is 2.81. The van der Waals surface area contributed by atoms with E-state index in [1.165, 1.54) is 0 Å². The smallest absolute Gasteiger partial charge is 0.198 e. The predicted octanol–water partition coefficient (Wildman–Crippen LogP) is 3.01. The second kappa shape index (κ2) is 6.12. The van der Waals surface area contributed by atoms with Crippen LogP contribution in [-0.4, -0.2) is 36.1 Å². The molecule has 0 saturated carbocycles. The molecule has 0 spiro atoms. The molecule has 108 valence electrons. The Balaban J connectivity index is 1.67. The molecule has 0 amide bonds. The second-order valence-electron chi connectivity index (χ2n) is 5.42. The van der Waals surface area contributed by atoms with Gasteiger partial charge < -0.3 is 15.1 Å². The maximum absolute atomic E-state index is 5.98. The first-order valence-electron chi connectivity index (χ1n) is 7.24. The third-order valence-electron chi connectivity index (χ3n) is 3.98. The van der Waals surface area contributed by atoms with Crippen LogP contribution in [0.15, 0.2) is 22.6 Å². The molecule has 1 aromatic carbocycles. The molecule has 2 aromatic rings. The van der Waals surface area contributed by atoms with Gasteiger partial charge in [0.15, 0.2) is 11.5 Å². The van der Waals surface area contributed by atoms with E-state index in [2.05, 4.69) is 9.88 Å². The first-order chi connectivity index (χ1) is 9.76. The zero-order chi connectivity index (χ0) is 13.9. The quantitative estimate of drug-likeness (QED) is 0.941. The van der Waals surface area contributed by atoms with Gasteiger partial charge in [-0.1, -0.05) is 11.6 Å². The SMILES string of the molecule is NCCCN1CCC(c2nc3cc(Cl)ccc3o2)CC1. The summed E-state index contributed by atoms with van der Waals surface area (Å²) < 4.78 is 5.87. The highest BCUT2D eigenvalue weighted by molar-refractivity contribution is 6.31. The van der Waals surface area contributed by atoms with Crippen molar-refractivity contribution in [2.24, 2.45) is 5.73 Å². The topological polar surface area (TPSA) is 55.3 Å². The van der Waals surface area contributed by atoms with Crippen LogP contribution < -0.4 is 5.73 Å². The number of hydrogen-bond acceptors (Lipinski definition) is 4. The van der Waals surface area contributed by atoms with Gasteiger partial charge in [0.25, 0.3) is 0 Å². The van der Waals surface area contributed by atoms with E-state index >= 15 is 0 Å². The van der Waals surface area contributed by atoms with Gasteiger partial charge in [0.05, 0.1) is 0 Å². The van der Waals surface area contributed by atoms with Crippen LogP contribution in [0.1, 0.15) is 31.1 Å². The van der Waals surface area contributed by atoms with Gasteiger partial charge in [-0.25, -0.2) is 4.98 Å². The van der Waals surface area contributed by atoms with Gasteiger partial charge in [0, 0.05) is 10.9 Å². The molecule has 1 fully saturated rings. The number of halogens is 1. The van der Waals surface area contributed by atoms with E-state index in [4.69, 9.17) is 21.8 Å². The van der Waals surface area contributed by atoms with Crippen LogP contribution in [0.3, 0.4) is 0 Å². The fraction of sp³-hybridized carbons (Fsp3) is 0.533. The molecule has 0 atom stereocenters. The van der Waals surface area contributed by atoms with Crippen LogP contribution >= 0.6 is 11.6 Å². The van der Waals surface area contributed by atoms with Crippen molar-refractivity contribution in [1.29, 1.82) is 0 Å². The van der Waals surface area contributed by atoms with Crippen LogP contribution in [0, 0.1) is 0 Å². The van der Waals surface area contributed by atoms with Gasteiger partial charge in [0.2, 0.25) is 0 Å². The van der Waals surface area contributed by atoms with Crippen molar-refractivity contribution in [1.82, 2.24) is 9.88 Å². The van der Waals surface area contributed by atoms with E-state index in [1.807, 2.05) is 18.2 Å². The van der Waals surface area contributed by atoms with Crippen LogP contribution in [0.2, 0.25) is 5.02 Å². The molecule has 1 aliphatic heterocycles. The first kappa shape index (κ1) is 13.9. The number of hydrogen-bond donors (Lipinski definition) is 1. The number of aromatic nitrogens is 1. The van der Waals surface area contributed by atoms with Crippen LogP contribution in [-0.2, 0) is 0 Å². The minimum atomic E-state index is 0.426. The molecule has 2 N–H and O–H groups in total. The molecule has 0 bridgehead atoms. The highest BCUT2D eigenvalue weighted by Gasteiger charge is 2.24. The zero-order valence-corrected chi connectivity index (χ0v) is 12.3. The van der Waals surface area contributed by atoms with E-state index in [1.54, 1.807) is 0 Å². The van der Waals surface area contributed by atoms with E-state index in [0.717, 1.165) is 62.4 Å². The largest absolute Gasteiger partial charge is 0.440 e. The molecule has 2 heterocycles. The Kier molecular flexibility index (Phi) is 4.24. The average Bonchev–Trinajstić information content (AvgIpc) is 2.88. The zero-order valence-electron chi connectivity index (χ0n) is 11.5. The molecule has 1 aromatic heterocycles. The number of piperidine rings is 1. The first-order valence-corrected chi connectivity index (χ1v) is 7.62. The number of benzene rings is 1. The van der Waals surface area contributed by atoms with Crippen molar-refractivity contribution in [2.75, 3.05) is 26.2 Å². The van der Waals surface area contributed by atoms with E-state index < -0.39 is 0 Å². The molecule has 3 rings (SSSR count). The number of nitrogens with zero attached hydrogens (tertiary/aromatic N) is 2. The van der Waals surface area contributed by atoms with Crippen molar-refractivity contribution in [3.05, 3.63) is 29.1 Å². The Bertz CT molecular complexity index is 576. The molecule has 0 unspecified atom stereocenters. The predicted molar refractivity (Wildman–Crippen MR) is 81.1 cm³/mol. The highest BCUT2D eigenvalue weighted by Crippen LogP contribution is 2.30. The van der Waals surface area contributed by atoms with Gasteiger partial charge >= 0.3 is 0 Å². The Morgan fingerprint density at radius 2 is 2.15 bits per heavy atom. The summed E-state index contributed by atoms with van der Waals surface area (Å²) in [5.41, 5.74) is 7.24. The maximum Gasteiger partial charge on any atom is 0.198 e. The Labute approximate surface area is 123 Å². The molecular formula is C15H20ClN3O. The molecule has 0 aliphatic carbocycles.